The van der Waals surface area contributed by atoms with Gasteiger partial charge in [-0.05, 0) is 47.7 Å². The van der Waals surface area contributed by atoms with Crippen molar-refractivity contribution in [1.29, 1.82) is 0 Å². The van der Waals surface area contributed by atoms with E-state index in [-0.39, 0.29) is 0 Å². The first kappa shape index (κ1) is 16.6. The second kappa shape index (κ2) is 7.01. The van der Waals surface area contributed by atoms with Gasteiger partial charge in [0.15, 0.2) is 10.9 Å². The minimum absolute atomic E-state index is 0.351. The van der Waals surface area contributed by atoms with E-state index in [1.807, 2.05) is 12.1 Å². The van der Waals surface area contributed by atoms with Crippen molar-refractivity contribution in [1.82, 2.24) is 0 Å². The molecule has 0 fully saturated rings. The third kappa shape index (κ3) is 3.91. The molecule has 0 aliphatic carbocycles. The summed E-state index contributed by atoms with van der Waals surface area (Å²) in [5.74, 6) is 0.917. The van der Waals surface area contributed by atoms with E-state index in [9.17, 15) is 9.11 Å². The van der Waals surface area contributed by atoms with Gasteiger partial charge in [-0.2, -0.15) is 0 Å². The molecule has 2 aromatic rings. The van der Waals surface area contributed by atoms with Gasteiger partial charge < -0.3 is 4.18 Å². The molecule has 1 unspecified atom stereocenters. The summed E-state index contributed by atoms with van der Waals surface area (Å²) in [5, 5.41) is 0. The average molecular weight is 318 g/mol. The van der Waals surface area contributed by atoms with Crippen molar-refractivity contribution >= 4 is 16.9 Å². The predicted octanol–water partition coefficient (Wildman–Crippen LogP) is 5.95. The fourth-order valence-electron chi connectivity index (χ4n) is 2.05. The van der Waals surface area contributed by atoms with Crippen molar-refractivity contribution in [2.24, 2.45) is 0 Å². The Labute approximate surface area is 133 Å². The van der Waals surface area contributed by atoms with Gasteiger partial charge in [-0.1, -0.05) is 50.8 Å². The monoisotopic (exact) mass is 318 g/mol. The quantitative estimate of drug-likeness (QED) is 0.692. The molecule has 0 heterocycles. The van der Waals surface area contributed by atoms with Gasteiger partial charge in [0.05, 0.1) is 4.90 Å². The Kier molecular flexibility index (Phi) is 5.29. The van der Waals surface area contributed by atoms with Crippen LogP contribution in [0.5, 0.6) is 5.75 Å². The molecule has 2 aromatic carbocycles. The normalized spacial score (nSPS) is 13.5. The van der Waals surface area contributed by atoms with E-state index < -0.39 is 10.9 Å². The zero-order valence-electron chi connectivity index (χ0n) is 12.9. The van der Waals surface area contributed by atoms with Crippen molar-refractivity contribution in [3.8, 4) is 5.75 Å². The molecule has 118 valence electrons. The standard InChI is InChI=1S/C18H22O3S/c1-4-14(3)16-8-10-17(11-9-16)21-22(19,20)18-12-6-15(5-2)7-13-18/h5-14,19-20H,2,4H2,1,3H3. The maximum absolute atomic E-state index is 10.2. The highest BCUT2D eigenvalue weighted by atomic mass is 32.3. The van der Waals surface area contributed by atoms with Crippen molar-refractivity contribution in [2.45, 2.75) is 31.1 Å². The molecule has 0 saturated carbocycles. The predicted molar refractivity (Wildman–Crippen MR) is 93.4 cm³/mol. The van der Waals surface area contributed by atoms with Gasteiger partial charge in [-0.3, -0.25) is 9.11 Å². The van der Waals surface area contributed by atoms with Crippen LogP contribution in [-0.2, 0) is 0 Å². The van der Waals surface area contributed by atoms with Crippen LogP contribution in [0.25, 0.3) is 6.08 Å². The largest absolute Gasteiger partial charge is 0.399 e. The van der Waals surface area contributed by atoms with Crippen LogP contribution in [0.15, 0.2) is 60.0 Å². The zero-order chi connectivity index (χ0) is 16.2. The zero-order valence-corrected chi connectivity index (χ0v) is 13.7. The molecule has 0 saturated heterocycles. The summed E-state index contributed by atoms with van der Waals surface area (Å²) in [6.45, 7) is 7.97. The fourth-order valence-corrected chi connectivity index (χ4v) is 3.02. The molecular weight excluding hydrogens is 296 g/mol. The highest BCUT2D eigenvalue weighted by Gasteiger charge is 2.22. The van der Waals surface area contributed by atoms with Gasteiger partial charge in [0.1, 0.15) is 5.75 Å². The van der Waals surface area contributed by atoms with Crippen LogP contribution in [0.4, 0.5) is 0 Å². The lowest BCUT2D eigenvalue weighted by Gasteiger charge is -2.27. The highest BCUT2D eigenvalue weighted by Crippen LogP contribution is 2.49. The Hall–Kier alpha value is -1.75. The van der Waals surface area contributed by atoms with Gasteiger partial charge in [0, 0.05) is 0 Å². The van der Waals surface area contributed by atoms with Crippen LogP contribution in [0, 0.1) is 0 Å². The van der Waals surface area contributed by atoms with Crippen LogP contribution >= 0.6 is 10.9 Å². The Morgan fingerprint density at radius 3 is 2.18 bits per heavy atom. The molecule has 2 N–H and O–H groups in total. The third-order valence-corrected chi connectivity index (χ3v) is 5.01. The minimum atomic E-state index is -3.31. The minimum Gasteiger partial charge on any atom is -0.399 e. The fraction of sp³-hybridized carbons (Fsp3) is 0.222. The Morgan fingerprint density at radius 1 is 1.09 bits per heavy atom. The topological polar surface area (TPSA) is 49.7 Å². The molecule has 22 heavy (non-hydrogen) atoms. The summed E-state index contributed by atoms with van der Waals surface area (Å²) >= 11 is 0. The highest BCUT2D eigenvalue weighted by molar-refractivity contribution is 8.20. The van der Waals surface area contributed by atoms with Gasteiger partial charge in [-0.25, -0.2) is 0 Å². The summed E-state index contributed by atoms with van der Waals surface area (Å²) in [4.78, 5) is 0.351. The maximum Gasteiger partial charge on any atom is 0.161 e. The first-order valence-corrected chi connectivity index (χ1v) is 8.73. The lowest BCUT2D eigenvalue weighted by atomic mass is 9.99. The molecule has 0 spiro atoms. The van der Waals surface area contributed by atoms with E-state index in [4.69, 9.17) is 4.18 Å². The maximum atomic E-state index is 10.2. The Balaban J connectivity index is 2.14. The molecule has 0 aliphatic heterocycles. The van der Waals surface area contributed by atoms with Crippen molar-refractivity contribution in [3.05, 3.63) is 66.2 Å². The lowest BCUT2D eigenvalue weighted by Crippen LogP contribution is -2.06. The van der Waals surface area contributed by atoms with Crippen molar-refractivity contribution < 1.29 is 13.3 Å². The van der Waals surface area contributed by atoms with Crippen LogP contribution in [0.2, 0.25) is 0 Å². The van der Waals surface area contributed by atoms with E-state index in [0.29, 0.717) is 16.6 Å². The number of rotatable bonds is 6. The number of benzene rings is 2. The Morgan fingerprint density at radius 2 is 1.68 bits per heavy atom. The first-order valence-electron chi connectivity index (χ1n) is 7.26. The van der Waals surface area contributed by atoms with Crippen molar-refractivity contribution in [2.75, 3.05) is 0 Å². The smallest absolute Gasteiger partial charge is 0.161 e. The lowest BCUT2D eigenvalue weighted by molar-refractivity contribution is 0.382. The molecular formula is C18H22O3S. The van der Waals surface area contributed by atoms with Crippen LogP contribution in [0.3, 0.4) is 0 Å². The molecule has 3 nitrogen and oxygen atoms in total. The van der Waals surface area contributed by atoms with Gasteiger partial charge in [-0.15, -0.1) is 0 Å². The van der Waals surface area contributed by atoms with Gasteiger partial charge in [0.25, 0.3) is 0 Å². The van der Waals surface area contributed by atoms with E-state index >= 15 is 0 Å². The van der Waals surface area contributed by atoms with E-state index in [1.165, 1.54) is 5.56 Å². The second-order valence-corrected chi connectivity index (χ2v) is 6.86. The number of hydrogen-bond donors (Lipinski definition) is 2. The molecule has 4 heteroatoms. The molecule has 2 rings (SSSR count). The average Bonchev–Trinajstić information content (AvgIpc) is 2.54. The second-order valence-electron chi connectivity index (χ2n) is 5.23. The van der Waals surface area contributed by atoms with E-state index in [0.717, 1.165) is 12.0 Å². The van der Waals surface area contributed by atoms with Crippen LogP contribution in [0.1, 0.15) is 37.3 Å². The van der Waals surface area contributed by atoms with Crippen LogP contribution < -0.4 is 4.18 Å². The number of hydrogen-bond acceptors (Lipinski definition) is 3. The molecule has 0 bridgehead atoms. The summed E-state index contributed by atoms with van der Waals surface area (Å²) in [5.41, 5.74) is 2.12. The summed E-state index contributed by atoms with van der Waals surface area (Å²) in [6.07, 6.45) is 2.76. The first-order chi connectivity index (χ1) is 10.5. The van der Waals surface area contributed by atoms with Gasteiger partial charge >= 0.3 is 0 Å². The third-order valence-electron chi connectivity index (χ3n) is 3.70. The molecule has 0 radical (unpaired) electrons. The van der Waals surface area contributed by atoms with E-state index in [2.05, 4.69) is 20.4 Å². The molecule has 0 amide bonds. The summed E-state index contributed by atoms with van der Waals surface area (Å²) < 4.78 is 25.8. The van der Waals surface area contributed by atoms with Crippen LogP contribution in [-0.4, -0.2) is 9.11 Å². The summed E-state index contributed by atoms with van der Waals surface area (Å²) in [7, 11) is -3.31. The Bertz CT molecular complexity index is 618. The van der Waals surface area contributed by atoms with Crippen molar-refractivity contribution in [3.63, 3.8) is 0 Å². The molecule has 1 atom stereocenters. The SMILES string of the molecule is C=Cc1ccc(S(O)(O)Oc2ccc(C(C)CC)cc2)cc1. The van der Waals surface area contributed by atoms with E-state index in [1.54, 1.807) is 42.5 Å². The molecule has 0 aliphatic rings. The summed E-state index contributed by atoms with van der Waals surface area (Å²) in [6, 6.07) is 14.3. The molecule has 0 aromatic heterocycles. The van der Waals surface area contributed by atoms with Gasteiger partial charge in [0.2, 0.25) is 0 Å².